The van der Waals surface area contributed by atoms with E-state index in [1.165, 1.54) is 10.4 Å². The van der Waals surface area contributed by atoms with E-state index in [0.717, 1.165) is 42.1 Å². The van der Waals surface area contributed by atoms with E-state index in [1.54, 1.807) is 11.3 Å². The van der Waals surface area contributed by atoms with E-state index in [-0.39, 0.29) is 0 Å². The van der Waals surface area contributed by atoms with Gasteiger partial charge in [-0.25, -0.2) is 4.99 Å². The summed E-state index contributed by atoms with van der Waals surface area (Å²) in [6.07, 6.45) is 0.967. The quantitative estimate of drug-likeness (QED) is 0.471. The molecule has 0 saturated heterocycles. The third-order valence-corrected chi connectivity index (χ3v) is 5.67. The lowest BCUT2D eigenvalue weighted by atomic mass is 10.2. The number of aryl methyl sites for hydroxylation is 1. The summed E-state index contributed by atoms with van der Waals surface area (Å²) in [5, 5.41) is 14.6. The van der Waals surface area contributed by atoms with Crippen molar-refractivity contribution in [1.29, 1.82) is 0 Å². The molecule has 0 aliphatic heterocycles. The summed E-state index contributed by atoms with van der Waals surface area (Å²) in [6.45, 7) is 3.97. The van der Waals surface area contributed by atoms with Gasteiger partial charge in [-0.1, -0.05) is 29.8 Å². The van der Waals surface area contributed by atoms with Crippen molar-refractivity contribution in [2.75, 3.05) is 13.6 Å². The van der Waals surface area contributed by atoms with E-state index >= 15 is 0 Å². The van der Waals surface area contributed by atoms with Gasteiger partial charge in [0.15, 0.2) is 11.8 Å². The van der Waals surface area contributed by atoms with Gasteiger partial charge in [-0.2, -0.15) is 0 Å². The zero-order valence-electron chi connectivity index (χ0n) is 16.4. The highest BCUT2D eigenvalue weighted by atomic mass is 35.5. The minimum absolute atomic E-state index is 0.476. The standard InChI is InChI=1S/C20H25ClN6S/c1-15-24-25-19(27(15)3)13-23-20(22-11-10-18-5-4-12-28-18)26(2)14-16-6-8-17(21)9-7-16/h4-9,12H,10-11,13-14H2,1-3H3,(H,22,23). The van der Waals surface area contributed by atoms with Crippen LogP contribution in [0.4, 0.5) is 0 Å². The molecule has 3 rings (SSSR count). The fourth-order valence-electron chi connectivity index (χ4n) is 2.74. The van der Waals surface area contributed by atoms with Crippen molar-refractivity contribution in [3.63, 3.8) is 0 Å². The summed E-state index contributed by atoms with van der Waals surface area (Å²) in [5.74, 6) is 2.56. The molecule has 0 spiro atoms. The highest BCUT2D eigenvalue weighted by molar-refractivity contribution is 7.09. The largest absolute Gasteiger partial charge is 0.356 e. The molecule has 0 fully saturated rings. The topological polar surface area (TPSA) is 58.3 Å². The third kappa shape index (κ3) is 5.56. The fourth-order valence-corrected chi connectivity index (χ4v) is 3.57. The predicted molar refractivity (Wildman–Crippen MR) is 116 cm³/mol. The Bertz CT molecular complexity index is 901. The van der Waals surface area contributed by atoms with Crippen LogP contribution in [0, 0.1) is 6.92 Å². The number of benzene rings is 1. The molecule has 0 aliphatic rings. The molecule has 8 heteroatoms. The summed E-state index contributed by atoms with van der Waals surface area (Å²) in [7, 11) is 4.00. The number of nitrogens with one attached hydrogen (secondary N) is 1. The number of rotatable bonds is 7. The Hall–Kier alpha value is -2.38. The van der Waals surface area contributed by atoms with Gasteiger partial charge >= 0.3 is 0 Å². The van der Waals surface area contributed by atoms with Crippen LogP contribution in [-0.4, -0.2) is 39.2 Å². The van der Waals surface area contributed by atoms with Crippen LogP contribution in [0.3, 0.4) is 0 Å². The molecule has 0 unspecified atom stereocenters. The van der Waals surface area contributed by atoms with Crippen LogP contribution in [0.25, 0.3) is 0 Å². The molecular weight excluding hydrogens is 392 g/mol. The van der Waals surface area contributed by atoms with Crippen LogP contribution in [0.2, 0.25) is 5.02 Å². The van der Waals surface area contributed by atoms with Crippen molar-refractivity contribution in [2.24, 2.45) is 12.0 Å². The van der Waals surface area contributed by atoms with Gasteiger partial charge in [-0.3, -0.25) is 0 Å². The molecule has 2 heterocycles. The average molecular weight is 417 g/mol. The molecule has 148 valence electrons. The van der Waals surface area contributed by atoms with Gasteiger partial charge in [0.1, 0.15) is 12.4 Å². The van der Waals surface area contributed by atoms with Crippen molar-refractivity contribution < 1.29 is 0 Å². The number of aromatic nitrogens is 3. The number of aliphatic imine (C=N–C) groups is 1. The maximum absolute atomic E-state index is 6.00. The lowest BCUT2D eigenvalue weighted by molar-refractivity contribution is 0.474. The van der Waals surface area contributed by atoms with Gasteiger partial charge in [0, 0.05) is 37.1 Å². The Morgan fingerprint density at radius 2 is 2.04 bits per heavy atom. The zero-order valence-corrected chi connectivity index (χ0v) is 18.0. The van der Waals surface area contributed by atoms with Crippen LogP contribution < -0.4 is 5.32 Å². The second-order valence-corrected chi connectivity index (χ2v) is 8.07. The van der Waals surface area contributed by atoms with E-state index < -0.39 is 0 Å². The Balaban J connectivity index is 1.69. The van der Waals surface area contributed by atoms with Crippen LogP contribution in [-0.2, 0) is 26.6 Å². The van der Waals surface area contributed by atoms with E-state index in [0.29, 0.717) is 6.54 Å². The second-order valence-electron chi connectivity index (χ2n) is 6.60. The van der Waals surface area contributed by atoms with Crippen molar-refractivity contribution >= 4 is 28.9 Å². The third-order valence-electron chi connectivity index (χ3n) is 4.48. The molecule has 0 amide bonds. The first-order valence-electron chi connectivity index (χ1n) is 9.14. The second kappa shape index (κ2) is 9.71. The monoisotopic (exact) mass is 416 g/mol. The van der Waals surface area contributed by atoms with Gasteiger partial charge in [0.2, 0.25) is 0 Å². The number of hydrogen-bond acceptors (Lipinski definition) is 4. The summed E-state index contributed by atoms with van der Waals surface area (Å²) < 4.78 is 1.96. The van der Waals surface area contributed by atoms with Crippen LogP contribution in [0.1, 0.15) is 22.1 Å². The van der Waals surface area contributed by atoms with Gasteiger partial charge in [0.05, 0.1) is 0 Å². The smallest absolute Gasteiger partial charge is 0.194 e. The molecule has 6 nitrogen and oxygen atoms in total. The minimum Gasteiger partial charge on any atom is -0.356 e. The van der Waals surface area contributed by atoms with Crippen molar-refractivity contribution in [3.8, 4) is 0 Å². The molecule has 0 aliphatic carbocycles. The van der Waals surface area contributed by atoms with E-state index in [9.17, 15) is 0 Å². The molecule has 0 saturated carbocycles. The summed E-state index contributed by atoms with van der Waals surface area (Å²) in [5.41, 5.74) is 1.18. The van der Waals surface area contributed by atoms with Crippen molar-refractivity contribution in [2.45, 2.75) is 26.4 Å². The van der Waals surface area contributed by atoms with Crippen LogP contribution in [0.15, 0.2) is 46.8 Å². The lowest BCUT2D eigenvalue weighted by Crippen LogP contribution is -2.39. The molecule has 0 bridgehead atoms. The summed E-state index contributed by atoms with van der Waals surface area (Å²) in [6, 6.07) is 12.1. The van der Waals surface area contributed by atoms with Gasteiger partial charge < -0.3 is 14.8 Å². The van der Waals surface area contributed by atoms with Crippen LogP contribution in [0.5, 0.6) is 0 Å². The molecule has 3 aromatic rings. The molecule has 1 N–H and O–H groups in total. The van der Waals surface area contributed by atoms with E-state index in [1.807, 2.05) is 49.9 Å². The predicted octanol–water partition coefficient (Wildman–Crippen LogP) is 3.66. The molecule has 28 heavy (non-hydrogen) atoms. The maximum Gasteiger partial charge on any atom is 0.194 e. The fraction of sp³-hybridized carbons (Fsp3) is 0.350. The summed E-state index contributed by atoms with van der Waals surface area (Å²) >= 11 is 7.77. The van der Waals surface area contributed by atoms with Crippen molar-refractivity contribution in [1.82, 2.24) is 25.0 Å². The number of guanidine groups is 1. The number of hydrogen-bond donors (Lipinski definition) is 1. The Morgan fingerprint density at radius 3 is 2.68 bits per heavy atom. The molecule has 1 aromatic carbocycles. The average Bonchev–Trinajstić information content (AvgIpc) is 3.31. The number of nitrogens with zero attached hydrogens (tertiary/aromatic N) is 5. The number of thiophene rings is 1. The minimum atomic E-state index is 0.476. The highest BCUT2D eigenvalue weighted by Crippen LogP contribution is 2.12. The molecular formula is C20H25ClN6S. The Labute approximate surface area is 174 Å². The van der Waals surface area contributed by atoms with Crippen molar-refractivity contribution in [3.05, 3.63) is 68.9 Å². The first-order chi connectivity index (χ1) is 13.5. The van der Waals surface area contributed by atoms with Gasteiger partial charge in [-0.05, 0) is 42.5 Å². The molecule has 0 radical (unpaired) electrons. The first kappa shape index (κ1) is 20.4. The first-order valence-corrected chi connectivity index (χ1v) is 10.4. The maximum atomic E-state index is 6.00. The molecule has 2 aromatic heterocycles. The zero-order chi connectivity index (χ0) is 19.9. The van der Waals surface area contributed by atoms with E-state index in [2.05, 4.69) is 37.9 Å². The lowest BCUT2D eigenvalue weighted by Gasteiger charge is -2.22. The molecule has 0 atom stereocenters. The summed E-state index contributed by atoms with van der Waals surface area (Å²) in [4.78, 5) is 8.26. The number of halogens is 1. The van der Waals surface area contributed by atoms with Crippen LogP contribution >= 0.6 is 22.9 Å². The van der Waals surface area contributed by atoms with E-state index in [4.69, 9.17) is 16.6 Å². The Morgan fingerprint density at radius 1 is 1.25 bits per heavy atom. The van der Waals surface area contributed by atoms with Gasteiger partial charge in [-0.15, -0.1) is 21.5 Å². The van der Waals surface area contributed by atoms with Gasteiger partial charge in [0.25, 0.3) is 0 Å². The Kier molecular flexibility index (Phi) is 7.06. The SMILES string of the molecule is Cc1nnc(CN=C(NCCc2cccs2)N(C)Cc2ccc(Cl)cc2)n1C. The normalized spacial score (nSPS) is 11.6. The highest BCUT2D eigenvalue weighted by Gasteiger charge is 2.10.